The van der Waals surface area contributed by atoms with Gasteiger partial charge in [-0.25, -0.2) is 9.89 Å². The number of nitrogens with one attached hydrogen (secondary N) is 2. The summed E-state index contributed by atoms with van der Waals surface area (Å²) >= 11 is 2.80. The number of aliphatic imine (C=N–C) groups is 2. The van der Waals surface area contributed by atoms with Crippen molar-refractivity contribution in [2.45, 2.75) is 50.9 Å². The van der Waals surface area contributed by atoms with Gasteiger partial charge in [-0.2, -0.15) is 0 Å². The van der Waals surface area contributed by atoms with Gasteiger partial charge in [-0.05, 0) is 54.1 Å². The Morgan fingerprint density at radius 2 is 1.87 bits per heavy atom. The van der Waals surface area contributed by atoms with E-state index in [0.29, 0.717) is 29.7 Å². The molecule has 2 aromatic carbocycles. The van der Waals surface area contributed by atoms with Gasteiger partial charge in [-0.3, -0.25) is 19.4 Å². The predicted octanol–water partition coefficient (Wildman–Crippen LogP) is 5.13. The second-order valence-corrected chi connectivity index (χ2v) is 11.4. The normalized spacial score (nSPS) is 16.6. The molecule has 2 N–H and O–H groups in total. The fourth-order valence-corrected chi connectivity index (χ4v) is 6.02. The number of benzene rings is 2. The van der Waals surface area contributed by atoms with Crippen molar-refractivity contribution in [2.24, 2.45) is 9.98 Å². The molecule has 2 aliphatic rings. The first-order chi connectivity index (χ1) is 19.0. The van der Waals surface area contributed by atoms with Crippen LogP contribution in [0.25, 0.3) is 0 Å². The lowest BCUT2D eigenvalue weighted by molar-refractivity contribution is -0.128. The average molecular weight is 560 g/mol. The minimum absolute atomic E-state index is 0.0598. The molecule has 0 unspecified atom stereocenters. The number of hydrogen-bond donors (Lipinski definition) is 2. The molecule has 1 aromatic heterocycles. The van der Waals surface area contributed by atoms with Crippen molar-refractivity contribution in [2.75, 3.05) is 5.32 Å². The lowest BCUT2D eigenvalue weighted by Crippen LogP contribution is -2.43. The Balaban J connectivity index is 1.33. The molecule has 0 saturated carbocycles. The van der Waals surface area contributed by atoms with Crippen molar-refractivity contribution in [1.29, 1.82) is 0 Å². The summed E-state index contributed by atoms with van der Waals surface area (Å²) in [4.78, 5) is 51.3. The molecule has 3 heterocycles. The molecule has 0 spiro atoms. The van der Waals surface area contributed by atoms with Crippen molar-refractivity contribution >= 4 is 63.2 Å². The minimum atomic E-state index is -0.855. The van der Waals surface area contributed by atoms with E-state index in [0.717, 1.165) is 22.5 Å². The number of rotatable bonds is 9. The number of carbonyl (C=O) groups excluding carboxylic acids is 3. The molecule has 0 radical (unpaired) electrons. The summed E-state index contributed by atoms with van der Waals surface area (Å²) in [5.41, 5.74) is 3.32. The Bertz CT molecular complexity index is 1430. The van der Waals surface area contributed by atoms with Gasteiger partial charge in [0.1, 0.15) is 11.9 Å². The third kappa shape index (κ3) is 5.97. The van der Waals surface area contributed by atoms with Crippen molar-refractivity contribution in [3.8, 4) is 0 Å². The fourth-order valence-electron chi connectivity index (χ4n) is 4.36. The number of fused-ring (bicyclic) bond motifs is 3. The molecular weight excluding hydrogens is 530 g/mol. The van der Waals surface area contributed by atoms with Crippen molar-refractivity contribution < 1.29 is 14.4 Å². The quantitative estimate of drug-likeness (QED) is 0.380. The molecule has 10 heteroatoms. The number of aryl methyl sites for hydroxylation is 1. The second kappa shape index (κ2) is 12.0. The number of thiophene rings is 1. The van der Waals surface area contributed by atoms with Crippen LogP contribution in [-0.2, 0) is 27.3 Å². The second-order valence-electron chi connectivity index (χ2n) is 9.17. The minimum Gasteiger partial charge on any atom is -0.351 e. The Kier molecular flexibility index (Phi) is 8.23. The van der Waals surface area contributed by atoms with Crippen molar-refractivity contribution in [3.63, 3.8) is 0 Å². The topological polar surface area (TPSA) is 103 Å². The number of anilines is 1. The maximum absolute atomic E-state index is 13.6. The molecule has 0 aliphatic carbocycles. The molecule has 0 fully saturated rings. The molecule has 2 atom stereocenters. The number of thioether (sulfide) groups is 1. The van der Waals surface area contributed by atoms with Crippen LogP contribution in [0.4, 0.5) is 11.4 Å². The highest BCUT2D eigenvalue weighted by Gasteiger charge is 2.43. The molecule has 200 valence electrons. The van der Waals surface area contributed by atoms with Crippen LogP contribution in [0, 0.1) is 0 Å². The zero-order valence-electron chi connectivity index (χ0n) is 21.7. The monoisotopic (exact) mass is 559 g/mol. The largest absolute Gasteiger partial charge is 0.351 e. The molecule has 8 nitrogen and oxygen atoms in total. The Morgan fingerprint density at radius 3 is 2.59 bits per heavy atom. The van der Waals surface area contributed by atoms with Crippen molar-refractivity contribution in [1.82, 2.24) is 10.2 Å². The van der Waals surface area contributed by atoms with E-state index in [2.05, 4.69) is 22.5 Å². The smallest absolute Gasteiger partial charge is 0.259 e. The van der Waals surface area contributed by atoms with Gasteiger partial charge in [0, 0.05) is 16.1 Å². The molecule has 39 heavy (non-hydrogen) atoms. The molecular formula is C29H29N5O3S2. The van der Waals surface area contributed by atoms with E-state index in [1.807, 2.05) is 73.0 Å². The van der Waals surface area contributed by atoms with Gasteiger partial charge in [-0.15, -0.1) is 11.3 Å². The summed E-state index contributed by atoms with van der Waals surface area (Å²) in [7, 11) is 0. The van der Waals surface area contributed by atoms with Crippen molar-refractivity contribution in [3.05, 3.63) is 82.0 Å². The number of para-hydroxylation sites is 1. The third-order valence-corrected chi connectivity index (χ3v) is 8.70. The van der Waals surface area contributed by atoms with Crippen LogP contribution in [0.2, 0.25) is 0 Å². The SMILES string of the molecule is CCc1ccc(NC(=O)[C@@H](CC)SC2=Nc3ccccc3C3=N[C@@H](CC(=O)NCc4cccs4)C(=O)N23)cc1. The summed E-state index contributed by atoms with van der Waals surface area (Å²) < 4.78 is 0. The lowest BCUT2D eigenvalue weighted by atomic mass is 10.1. The number of hydrogen-bond acceptors (Lipinski definition) is 7. The highest BCUT2D eigenvalue weighted by molar-refractivity contribution is 8.15. The number of carbonyl (C=O) groups is 3. The zero-order valence-corrected chi connectivity index (χ0v) is 23.3. The zero-order chi connectivity index (χ0) is 27.4. The van der Waals surface area contributed by atoms with Crippen LogP contribution < -0.4 is 10.6 Å². The van der Waals surface area contributed by atoms with E-state index in [-0.39, 0.29) is 24.1 Å². The highest BCUT2D eigenvalue weighted by Crippen LogP contribution is 2.36. The van der Waals surface area contributed by atoms with E-state index in [9.17, 15) is 14.4 Å². The summed E-state index contributed by atoms with van der Waals surface area (Å²) in [5.74, 6) is -0.259. The third-order valence-electron chi connectivity index (χ3n) is 6.51. The van der Waals surface area contributed by atoms with Crippen LogP contribution in [-0.4, -0.2) is 44.9 Å². The van der Waals surface area contributed by atoms with Gasteiger partial charge in [0.15, 0.2) is 5.17 Å². The number of amides is 3. The van der Waals surface area contributed by atoms with E-state index < -0.39 is 11.3 Å². The van der Waals surface area contributed by atoms with Gasteiger partial charge in [0.25, 0.3) is 5.91 Å². The van der Waals surface area contributed by atoms with E-state index in [4.69, 9.17) is 4.99 Å². The van der Waals surface area contributed by atoms with Crippen LogP contribution in [0.3, 0.4) is 0 Å². The lowest BCUT2D eigenvalue weighted by Gasteiger charge is -2.27. The molecule has 0 saturated heterocycles. The molecule has 3 aromatic rings. The summed E-state index contributed by atoms with van der Waals surface area (Å²) in [5, 5.41) is 7.72. The molecule has 0 bridgehead atoms. The summed E-state index contributed by atoms with van der Waals surface area (Å²) in [6.07, 6.45) is 1.40. The van der Waals surface area contributed by atoms with Crippen LogP contribution in [0.5, 0.6) is 0 Å². The summed E-state index contributed by atoms with van der Waals surface area (Å²) in [6.45, 7) is 4.42. The predicted molar refractivity (Wildman–Crippen MR) is 158 cm³/mol. The van der Waals surface area contributed by atoms with Crippen LogP contribution >= 0.6 is 23.1 Å². The fraction of sp³-hybridized carbons (Fsp3) is 0.276. The molecule has 3 amide bonds. The Morgan fingerprint density at radius 1 is 1.08 bits per heavy atom. The van der Waals surface area contributed by atoms with E-state index in [1.54, 1.807) is 11.3 Å². The average Bonchev–Trinajstić information content (AvgIpc) is 3.59. The first-order valence-corrected chi connectivity index (χ1v) is 14.7. The standard InChI is InChI=1S/C29H29N5O3S2/c1-3-18-11-13-19(14-12-18)31-27(36)24(4-2)39-29-33-22-10-6-5-9-21(22)26-32-23(28(37)34(26)29)16-25(35)30-17-20-8-7-15-38-20/h5-15,23-24H,3-4,16-17H2,1-2H3,(H,30,35)(H,31,36)/t23-,24+/m0/s1. The first-order valence-electron chi connectivity index (χ1n) is 12.9. The maximum atomic E-state index is 13.6. The van der Waals surface area contributed by atoms with Crippen LogP contribution in [0.1, 0.15) is 42.7 Å². The van der Waals surface area contributed by atoms with E-state index in [1.165, 1.54) is 22.2 Å². The van der Waals surface area contributed by atoms with Gasteiger partial charge in [-0.1, -0.05) is 55.9 Å². The van der Waals surface area contributed by atoms with E-state index >= 15 is 0 Å². The van der Waals surface area contributed by atoms with Gasteiger partial charge >= 0.3 is 0 Å². The molecule has 2 aliphatic heterocycles. The maximum Gasteiger partial charge on any atom is 0.259 e. The number of amidine groups is 2. The summed E-state index contributed by atoms with van der Waals surface area (Å²) in [6, 6.07) is 18.3. The molecule has 5 rings (SSSR count). The van der Waals surface area contributed by atoms with Crippen LogP contribution in [0.15, 0.2) is 76.0 Å². The Labute approximate surface area is 235 Å². The van der Waals surface area contributed by atoms with Gasteiger partial charge in [0.2, 0.25) is 11.8 Å². The first kappa shape index (κ1) is 26.8. The van der Waals surface area contributed by atoms with Gasteiger partial charge in [0.05, 0.1) is 23.9 Å². The highest BCUT2D eigenvalue weighted by atomic mass is 32.2. The Hall–Kier alpha value is -3.76. The van der Waals surface area contributed by atoms with Gasteiger partial charge < -0.3 is 10.6 Å². The number of nitrogens with zero attached hydrogens (tertiary/aromatic N) is 3.